The number of nitrogens with zero attached hydrogens (tertiary/aromatic N) is 3. The molecular formula is C25H28N4O4. The molecule has 8 nitrogen and oxygen atoms in total. The molecule has 0 unspecified atom stereocenters. The van der Waals surface area contributed by atoms with E-state index in [4.69, 9.17) is 4.42 Å². The first-order valence-corrected chi connectivity index (χ1v) is 11.3. The number of hydrogen-bond acceptors (Lipinski definition) is 6. The van der Waals surface area contributed by atoms with Crippen molar-refractivity contribution in [1.29, 1.82) is 0 Å². The molecule has 33 heavy (non-hydrogen) atoms. The number of aryl methyl sites for hydroxylation is 1. The Morgan fingerprint density at radius 1 is 1.15 bits per heavy atom. The van der Waals surface area contributed by atoms with Crippen LogP contribution in [-0.4, -0.2) is 40.3 Å². The van der Waals surface area contributed by atoms with Gasteiger partial charge < -0.3 is 9.73 Å². The number of carbonyl (C=O) groups is 1. The molecular weight excluding hydrogens is 420 g/mol. The van der Waals surface area contributed by atoms with Gasteiger partial charge in [0.25, 0.3) is 11.6 Å². The predicted molar refractivity (Wildman–Crippen MR) is 125 cm³/mol. The van der Waals surface area contributed by atoms with Crippen LogP contribution in [0.3, 0.4) is 0 Å². The monoisotopic (exact) mass is 448 g/mol. The maximum absolute atomic E-state index is 12.5. The summed E-state index contributed by atoms with van der Waals surface area (Å²) < 4.78 is 5.56. The number of non-ortho nitro benzene ring substituents is 1. The summed E-state index contributed by atoms with van der Waals surface area (Å²) in [6.07, 6.45) is 3.19. The van der Waals surface area contributed by atoms with Gasteiger partial charge in [-0.05, 0) is 62.9 Å². The summed E-state index contributed by atoms with van der Waals surface area (Å²) in [5, 5.41) is 13.7. The first-order valence-electron chi connectivity index (χ1n) is 11.3. The minimum Gasteiger partial charge on any atom is -0.437 e. The molecule has 0 aliphatic carbocycles. The molecule has 1 fully saturated rings. The fraction of sp³-hybridized carbons (Fsp3) is 0.360. The summed E-state index contributed by atoms with van der Waals surface area (Å²) in [5.74, 6) is 0.769. The van der Waals surface area contributed by atoms with Gasteiger partial charge in [-0.3, -0.25) is 19.8 Å². The number of oxazole rings is 1. The molecule has 0 atom stereocenters. The van der Waals surface area contributed by atoms with Crippen LogP contribution in [0.5, 0.6) is 0 Å². The lowest BCUT2D eigenvalue weighted by Crippen LogP contribution is -2.34. The highest BCUT2D eigenvalue weighted by Gasteiger charge is 2.21. The lowest BCUT2D eigenvalue weighted by molar-refractivity contribution is -0.384. The fourth-order valence-electron chi connectivity index (χ4n) is 4.24. The molecule has 0 saturated carbocycles. The van der Waals surface area contributed by atoms with Crippen LogP contribution in [0.25, 0.3) is 11.3 Å². The Bertz CT molecular complexity index is 1090. The van der Waals surface area contributed by atoms with Crippen LogP contribution in [0, 0.1) is 23.0 Å². The van der Waals surface area contributed by atoms with Crippen LogP contribution in [0.1, 0.15) is 41.3 Å². The number of nitrogens with one attached hydrogen (secondary N) is 1. The van der Waals surface area contributed by atoms with Crippen molar-refractivity contribution in [3.63, 3.8) is 0 Å². The Kier molecular flexibility index (Phi) is 7.14. The van der Waals surface area contributed by atoms with Gasteiger partial charge in [-0.25, -0.2) is 4.98 Å². The molecule has 1 N–H and O–H groups in total. The topological polar surface area (TPSA) is 102 Å². The second-order valence-electron chi connectivity index (χ2n) is 8.48. The van der Waals surface area contributed by atoms with Gasteiger partial charge in [0.15, 0.2) is 0 Å². The van der Waals surface area contributed by atoms with Crippen LogP contribution in [0.2, 0.25) is 0 Å². The highest BCUT2D eigenvalue weighted by atomic mass is 16.6. The van der Waals surface area contributed by atoms with Crippen molar-refractivity contribution in [3.05, 3.63) is 81.9 Å². The third kappa shape index (κ3) is 5.84. The number of likely N-dealkylation sites (tertiary alicyclic amines) is 1. The molecule has 172 valence electrons. The maximum atomic E-state index is 12.5. The maximum Gasteiger partial charge on any atom is 0.307 e. The van der Waals surface area contributed by atoms with Gasteiger partial charge in [0, 0.05) is 30.8 Å². The quantitative estimate of drug-likeness (QED) is 0.399. The Balaban J connectivity index is 1.23. The van der Waals surface area contributed by atoms with Crippen molar-refractivity contribution in [2.45, 2.75) is 32.7 Å². The van der Waals surface area contributed by atoms with Crippen LogP contribution in [0.15, 0.2) is 59.0 Å². The number of rotatable bonds is 8. The van der Waals surface area contributed by atoms with Gasteiger partial charge in [0.05, 0.1) is 4.92 Å². The fourth-order valence-corrected chi connectivity index (χ4v) is 4.24. The van der Waals surface area contributed by atoms with Gasteiger partial charge in [-0.1, -0.05) is 30.3 Å². The number of carbonyl (C=O) groups excluding carboxylic acids is 1. The van der Waals surface area contributed by atoms with Crippen LogP contribution >= 0.6 is 0 Å². The van der Waals surface area contributed by atoms with Crippen molar-refractivity contribution < 1.29 is 14.1 Å². The second kappa shape index (κ2) is 10.4. The van der Waals surface area contributed by atoms with Gasteiger partial charge in [0.2, 0.25) is 0 Å². The number of benzene rings is 2. The van der Waals surface area contributed by atoms with Crippen LogP contribution in [0.4, 0.5) is 5.69 Å². The van der Waals surface area contributed by atoms with Gasteiger partial charge in [-0.15, -0.1) is 0 Å². The minimum absolute atomic E-state index is 0.00348. The van der Waals surface area contributed by atoms with Crippen LogP contribution in [-0.2, 0) is 6.54 Å². The smallest absolute Gasteiger partial charge is 0.307 e. The van der Waals surface area contributed by atoms with Crippen molar-refractivity contribution in [2.75, 3.05) is 19.6 Å². The molecule has 1 aliphatic heterocycles. The molecule has 0 bridgehead atoms. The Hall–Kier alpha value is -3.52. The number of amides is 1. The van der Waals surface area contributed by atoms with Crippen molar-refractivity contribution in [2.24, 2.45) is 5.92 Å². The standard InChI is InChI=1S/C25H28N4O4/c1-18-23(21-7-9-22(10-8-21)29(31)32)27-25(33-18)24(30)26-14-11-19-12-15-28(16-13-19)17-20-5-3-2-4-6-20/h2-10,19H,11-17H2,1H3,(H,26,30). The van der Waals surface area contributed by atoms with E-state index >= 15 is 0 Å². The summed E-state index contributed by atoms with van der Waals surface area (Å²) >= 11 is 0. The third-order valence-corrected chi connectivity index (χ3v) is 6.14. The number of hydrogen-bond donors (Lipinski definition) is 1. The van der Waals surface area contributed by atoms with E-state index in [1.165, 1.54) is 17.7 Å². The summed E-state index contributed by atoms with van der Waals surface area (Å²) in [6.45, 7) is 5.45. The lowest BCUT2D eigenvalue weighted by Gasteiger charge is -2.32. The van der Waals surface area contributed by atoms with E-state index in [9.17, 15) is 14.9 Å². The average molecular weight is 449 g/mol. The SMILES string of the molecule is Cc1oc(C(=O)NCCC2CCN(Cc3ccccc3)CC2)nc1-c1ccc([N+](=O)[O-])cc1. The Labute approximate surface area is 192 Å². The number of piperidine rings is 1. The highest BCUT2D eigenvalue weighted by molar-refractivity contribution is 5.90. The summed E-state index contributed by atoms with van der Waals surface area (Å²) in [7, 11) is 0. The summed E-state index contributed by atoms with van der Waals surface area (Å²) in [5.41, 5.74) is 2.53. The molecule has 1 aliphatic rings. The molecule has 0 spiro atoms. The van der Waals surface area contributed by atoms with E-state index in [-0.39, 0.29) is 17.5 Å². The zero-order chi connectivity index (χ0) is 23.2. The molecule has 3 aromatic rings. The van der Waals surface area contributed by atoms with E-state index in [0.29, 0.717) is 29.5 Å². The first kappa shape index (κ1) is 22.7. The molecule has 1 saturated heterocycles. The number of aromatic nitrogens is 1. The predicted octanol–water partition coefficient (Wildman–Crippen LogP) is 4.59. The largest absolute Gasteiger partial charge is 0.437 e. The molecule has 1 aromatic heterocycles. The zero-order valence-electron chi connectivity index (χ0n) is 18.7. The Morgan fingerprint density at radius 3 is 2.52 bits per heavy atom. The van der Waals surface area contributed by atoms with E-state index < -0.39 is 4.92 Å². The summed E-state index contributed by atoms with van der Waals surface area (Å²) in [4.78, 5) is 29.7. The highest BCUT2D eigenvalue weighted by Crippen LogP contribution is 2.26. The normalized spacial score (nSPS) is 14.8. The zero-order valence-corrected chi connectivity index (χ0v) is 18.7. The molecule has 0 radical (unpaired) electrons. The molecule has 8 heteroatoms. The number of nitro groups is 1. The van der Waals surface area contributed by atoms with Crippen molar-refractivity contribution in [3.8, 4) is 11.3 Å². The van der Waals surface area contributed by atoms with Gasteiger partial charge >= 0.3 is 5.91 Å². The average Bonchev–Trinajstić information content (AvgIpc) is 3.22. The second-order valence-corrected chi connectivity index (χ2v) is 8.48. The minimum atomic E-state index is -0.453. The summed E-state index contributed by atoms with van der Waals surface area (Å²) in [6, 6.07) is 16.6. The van der Waals surface area contributed by atoms with Crippen molar-refractivity contribution >= 4 is 11.6 Å². The van der Waals surface area contributed by atoms with Gasteiger partial charge in [0.1, 0.15) is 11.5 Å². The van der Waals surface area contributed by atoms with Crippen molar-refractivity contribution in [1.82, 2.24) is 15.2 Å². The van der Waals surface area contributed by atoms with E-state index in [1.54, 1.807) is 19.1 Å². The molecule has 2 heterocycles. The number of nitro benzene ring substituents is 1. The first-order chi connectivity index (χ1) is 16.0. The molecule has 4 rings (SSSR count). The van der Waals surface area contributed by atoms with E-state index in [1.807, 2.05) is 6.07 Å². The lowest BCUT2D eigenvalue weighted by atomic mass is 9.93. The Morgan fingerprint density at radius 2 is 1.85 bits per heavy atom. The van der Waals surface area contributed by atoms with E-state index in [2.05, 4.69) is 39.5 Å². The molecule has 1 amide bonds. The van der Waals surface area contributed by atoms with Gasteiger partial charge in [-0.2, -0.15) is 0 Å². The molecule has 2 aromatic carbocycles. The van der Waals surface area contributed by atoms with E-state index in [0.717, 1.165) is 38.9 Å². The third-order valence-electron chi connectivity index (χ3n) is 6.14. The van der Waals surface area contributed by atoms with Crippen LogP contribution < -0.4 is 5.32 Å².